The number of hydrogen-bond donors (Lipinski definition) is 0. The molecule has 4 heteroatoms. The number of rotatable bonds is 8. The van der Waals surface area contributed by atoms with E-state index in [2.05, 4.69) is 174 Å². The van der Waals surface area contributed by atoms with E-state index in [-0.39, 0.29) is 0 Å². The molecule has 1 unspecified atom stereocenters. The number of unbranched alkanes of at least 4 members (excludes halogenated alkanes) is 2. The molecule has 0 saturated carbocycles. The second-order valence-corrected chi connectivity index (χ2v) is 16.8. The predicted octanol–water partition coefficient (Wildman–Crippen LogP) is 15.3. The maximum atomic E-state index is 2.55. The maximum Gasteiger partial charge on any atom is 0.0601 e. The Labute approximate surface area is 327 Å². The summed E-state index contributed by atoms with van der Waals surface area (Å²) in [5.74, 6) is 0.400. The fourth-order valence-electron chi connectivity index (χ4n) is 8.66. The topological polar surface area (TPSA) is 6.48 Å². The molecule has 0 spiro atoms. The van der Waals surface area contributed by atoms with Gasteiger partial charge in [-0.3, -0.25) is 0 Å². The van der Waals surface area contributed by atoms with Crippen LogP contribution >= 0.6 is 23.5 Å². The second-order valence-electron chi connectivity index (χ2n) is 14.6. The highest BCUT2D eigenvalue weighted by Crippen LogP contribution is 2.54. The Kier molecular flexibility index (Phi) is 8.81. The van der Waals surface area contributed by atoms with Crippen LogP contribution in [0.25, 0.3) is 23.3 Å². The van der Waals surface area contributed by atoms with E-state index >= 15 is 0 Å². The molecule has 0 bridgehead atoms. The summed E-state index contributed by atoms with van der Waals surface area (Å²) >= 11 is 3.77. The van der Waals surface area contributed by atoms with Crippen LogP contribution in [0.2, 0.25) is 0 Å². The summed E-state index contributed by atoms with van der Waals surface area (Å²) in [7, 11) is 0. The second kappa shape index (κ2) is 14.2. The molecule has 2 aliphatic heterocycles. The van der Waals surface area contributed by atoms with Gasteiger partial charge < -0.3 is 9.80 Å². The molecular formula is C50H42N2S2. The fraction of sp³-hybridized carbons (Fsp3) is 0.160. The molecule has 6 aromatic carbocycles. The van der Waals surface area contributed by atoms with E-state index in [9.17, 15) is 0 Å². The van der Waals surface area contributed by atoms with Gasteiger partial charge in [0.05, 0.1) is 17.1 Å². The SMILES string of the molecule is CCCCCC1c2cc(/C=C/c3ccc(N4c5ccccc5Sc5ccccc54)cc3)ccc2-c2ccc(N3C4=C(C=CCC4)Sc4ccccc43)cc21. The molecule has 0 fully saturated rings. The number of nitrogens with zero attached hydrogens (tertiary/aromatic N) is 2. The van der Waals surface area contributed by atoms with Crippen LogP contribution in [0, 0.1) is 0 Å². The van der Waals surface area contributed by atoms with Crippen molar-refractivity contribution in [3.63, 3.8) is 0 Å². The minimum Gasteiger partial charge on any atom is -0.312 e. The van der Waals surface area contributed by atoms with Crippen molar-refractivity contribution in [1.82, 2.24) is 0 Å². The van der Waals surface area contributed by atoms with Crippen LogP contribution in [-0.4, -0.2) is 0 Å². The monoisotopic (exact) mass is 734 g/mol. The smallest absolute Gasteiger partial charge is 0.0601 e. The zero-order chi connectivity index (χ0) is 36.0. The van der Waals surface area contributed by atoms with Crippen LogP contribution in [0.4, 0.5) is 28.4 Å². The lowest BCUT2D eigenvalue weighted by atomic mass is 9.90. The number of thioether (sulfide) groups is 1. The summed E-state index contributed by atoms with van der Waals surface area (Å²) in [5, 5.41) is 0. The van der Waals surface area contributed by atoms with Crippen molar-refractivity contribution < 1.29 is 0 Å². The van der Waals surface area contributed by atoms with Gasteiger partial charge in [-0.25, -0.2) is 0 Å². The van der Waals surface area contributed by atoms with Crippen molar-refractivity contribution in [2.75, 3.05) is 9.80 Å². The first kappa shape index (κ1) is 33.4. The number of anilines is 5. The molecule has 6 aromatic rings. The minimum absolute atomic E-state index is 0.400. The van der Waals surface area contributed by atoms with Gasteiger partial charge in [-0.2, -0.15) is 0 Å². The van der Waals surface area contributed by atoms with Gasteiger partial charge in [-0.15, -0.1) is 0 Å². The van der Waals surface area contributed by atoms with Crippen LogP contribution in [0.15, 0.2) is 171 Å². The van der Waals surface area contributed by atoms with Crippen LogP contribution < -0.4 is 9.80 Å². The van der Waals surface area contributed by atoms with Crippen LogP contribution in [-0.2, 0) is 0 Å². The summed E-state index contributed by atoms with van der Waals surface area (Å²) in [6.07, 6.45) is 16.3. The maximum absolute atomic E-state index is 2.55. The number of para-hydroxylation sites is 3. The molecule has 0 saturated heterocycles. The Morgan fingerprint density at radius 1 is 0.593 bits per heavy atom. The normalized spacial score (nSPS) is 16.5. The van der Waals surface area contributed by atoms with Crippen LogP contribution in [0.3, 0.4) is 0 Å². The van der Waals surface area contributed by atoms with Crippen LogP contribution in [0.1, 0.15) is 73.6 Å². The minimum atomic E-state index is 0.400. The molecule has 0 aromatic heterocycles. The molecule has 0 N–H and O–H groups in total. The van der Waals surface area contributed by atoms with Gasteiger partial charge in [0.15, 0.2) is 0 Å². The third kappa shape index (κ3) is 5.93. The summed E-state index contributed by atoms with van der Waals surface area (Å²) in [4.78, 5) is 10.2. The molecule has 10 rings (SSSR count). The van der Waals surface area contributed by atoms with E-state index < -0.39 is 0 Å². The molecule has 4 aliphatic rings. The lowest BCUT2D eigenvalue weighted by Gasteiger charge is -2.36. The molecule has 2 nitrogen and oxygen atoms in total. The molecule has 1 atom stereocenters. The van der Waals surface area contributed by atoms with Gasteiger partial charge in [0.25, 0.3) is 0 Å². The standard InChI is InChI=1S/C50H42N2S2/c1-2-3-4-13-38-41-32-35(23-22-34-24-27-36(28-25-34)51-43-14-5-9-18-47(43)53-48-19-10-6-15-44(48)51)26-30-39(41)40-31-29-37(33-42(38)40)52-45-16-7-11-20-49(45)54-50-21-12-8-17-46(50)52/h5-7,9-12,14-16,18-33,38H,2-4,8,13,17H2,1H3/b23-22+. The molecule has 2 aliphatic carbocycles. The van der Waals surface area contributed by atoms with Crippen LogP contribution in [0.5, 0.6) is 0 Å². The van der Waals surface area contributed by atoms with Crippen molar-refractivity contribution in [3.8, 4) is 11.1 Å². The van der Waals surface area contributed by atoms with E-state index in [0.717, 1.165) is 12.8 Å². The summed E-state index contributed by atoms with van der Waals surface area (Å²) in [5.41, 5.74) is 15.9. The lowest BCUT2D eigenvalue weighted by molar-refractivity contribution is 0.625. The van der Waals surface area contributed by atoms with Gasteiger partial charge >= 0.3 is 0 Å². The van der Waals surface area contributed by atoms with E-state index in [0.29, 0.717) is 5.92 Å². The quantitative estimate of drug-likeness (QED) is 0.113. The van der Waals surface area contributed by atoms with Crippen molar-refractivity contribution in [1.29, 1.82) is 0 Å². The highest BCUT2D eigenvalue weighted by atomic mass is 32.2. The number of hydrogen-bond acceptors (Lipinski definition) is 4. The Hall–Kier alpha value is -5.16. The van der Waals surface area contributed by atoms with Crippen molar-refractivity contribution >= 4 is 64.1 Å². The Morgan fingerprint density at radius 3 is 1.91 bits per heavy atom. The Morgan fingerprint density at radius 2 is 1.19 bits per heavy atom. The highest BCUT2D eigenvalue weighted by molar-refractivity contribution is 8.03. The molecule has 2 heterocycles. The Bertz CT molecular complexity index is 2440. The van der Waals surface area contributed by atoms with E-state index in [4.69, 9.17) is 0 Å². The number of fused-ring (bicyclic) bond motifs is 6. The third-order valence-electron chi connectivity index (χ3n) is 11.3. The third-order valence-corrected chi connectivity index (χ3v) is 13.5. The average molecular weight is 735 g/mol. The fourth-order valence-corrected chi connectivity index (χ4v) is 10.8. The molecular weight excluding hydrogens is 693 g/mol. The molecule has 54 heavy (non-hydrogen) atoms. The van der Waals surface area contributed by atoms with Gasteiger partial charge in [0, 0.05) is 42.6 Å². The van der Waals surface area contributed by atoms with Crippen molar-refractivity contribution in [2.45, 2.75) is 66.1 Å². The number of benzene rings is 6. The zero-order valence-corrected chi connectivity index (χ0v) is 32.2. The summed E-state index contributed by atoms with van der Waals surface area (Å²) in [6.45, 7) is 2.31. The van der Waals surface area contributed by atoms with Gasteiger partial charge in [0.2, 0.25) is 0 Å². The molecule has 0 amide bonds. The predicted molar refractivity (Wildman–Crippen MR) is 232 cm³/mol. The average Bonchev–Trinajstić information content (AvgIpc) is 3.53. The van der Waals surface area contributed by atoms with E-state index in [1.165, 1.54) is 113 Å². The van der Waals surface area contributed by atoms with Gasteiger partial charge in [-0.1, -0.05) is 147 Å². The summed E-state index contributed by atoms with van der Waals surface area (Å²) in [6, 6.07) is 49.8. The Balaban J connectivity index is 0.954. The van der Waals surface area contributed by atoms with Gasteiger partial charge in [0.1, 0.15) is 0 Å². The first-order valence-corrected chi connectivity index (χ1v) is 21.1. The number of allylic oxidation sites excluding steroid dienone is 3. The highest BCUT2D eigenvalue weighted by Gasteiger charge is 2.32. The first-order valence-electron chi connectivity index (χ1n) is 19.4. The lowest BCUT2D eigenvalue weighted by Crippen LogP contribution is -2.22. The van der Waals surface area contributed by atoms with Crippen molar-refractivity contribution in [2.24, 2.45) is 0 Å². The zero-order valence-electron chi connectivity index (χ0n) is 30.5. The molecule has 0 radical (unpaired) electrons. The summed E-state index contributed by atoms with van der Waals surface area (Å²) < 4.78 is 0. The van der Waals surface area contributed by atoms with E-state index in [1.54, 1.807) is 0 Å². The molecule has 264 valence electrons. The van der Waals surface area contributed by atoms with E-state index in [1.807, 2.05) is 23.5 Å². The van der Waals surface area contributed by atoms with Crippen molar-refractivity contribution in [3.05, 3.63) is 178 Å². The first-order chi connectivity index (χ1) is 26.7. The van der Waals surface area contributed by atoms with Gasteiger partial charge in [-0.05, 0) is 113 Å². The largest absolute Gasteiger partial charge is 0.312 e.